The van der Waals surface area contributed by atoms with Gasteiger partial charge in [-0.2, -0.15) is 0 Å². The quantitative estimate of drug-likeness (QED) is 0.731. The lowest BCUT2D eigenvalue weighted by atomic mass is 10.1. The number of fused-ring (bicyclic) bond motifs is 1. The molecule has 4 heteroatoms. The van der Waals surface area contributed by atoms with Gasteiger partial charge < -0.3 is 0 Å². The lowest BCUT2D eigenvalue weighted by Gasteiger charge is -2.10. The zero-order valence-corrected chi connectivity index (χ0v) is 10.5. The number of aromatic nitrogens is 1. The molecule has 0 unspecified atom stereocenters. The van der Waals surface area contributed by atoms with Crippen LogP contribution in [-0.2, 0) is 6.42 Å². The highest BCUT2D eigenvalue weighted by Gasteiger charge is 2.12. The van der Waals surface area contributed by atoms with Crippen LogP contribution in [0.5, 0.6) is 0 Å². The highest BCUT2D eigenvalue weighted by molar-refractivity contribution is 6.39. The Bertz CT molecular complexity index is 567. The molecule has 1 aromatic carbocycles. The lowest BCUT2D eigenvalue weighted by molar-refractivity contribution is 0.629. The van der Waals surface area contributed by atoms with E-state index in [4.69, 9.17) is 23.2 Å². The van der Waals surface area contributed by atoms with Crippen molar-refractivity contribution in [2.24, 2.45) is 0 Å². The summed E-state index contributed by atoms with van der Waals surface area (Å²) in [5, 5.41) is 1.42. The molecule has 16 heavy (non-hydrogen) atoms. The van der Waals surface area contributed by atoms with Crippen LogP contribution in [0, 0.1) is 12.7 Å². The molecule has 0 saturated carbocycles. The Kier molecular flexibility index (Phi) is 3.04. The number of hydrogen-bond acceptors (Lipinski definition) is 1. The van der Waals surface area contributed by atoms with E-state index < -0.39 is 5.82 Å². The second kappa shape index (κ2) is 4.19. The minimum absolute atomic E-state index is 0.294. The van der Waals surface area contributed by atoms with Crippen molar-refractivity contribution in [2.45, 2.75) is 20.3 Å². The molecule has 1 aromatic heterocycles. The Morgan fingerprint density at radius 1 is 1.31 bits per heavy atom. The molecule has 0 atom stereocenters. The Morgan fingerprint density at radius 2 is 2.00 bits per heavy atom. The molecule has 0 saturated heterocycles. The molecule has 0 radical (unpaired) electrons. The van der Waals surface area contributed by atoms with Gasteiger partial charge in [-0.3, -0.25) is 4.98 Å². The number of aryl methyl sites for hydroxylation is 1. The van der Waals surface area contributed by atoms with Crippen LogP contribution in [0.4, 0.5) is 4.39 Å². The summed E-state index contributed by atoms with van der Waals surface area (Å²) in [7, 11) is 0. The van der Waals surface area contributed by atoms with Gasteiger partial charge in [0, 0.05) is 11.1 Å². The minimum Gasteiger partial charge on any atom is -0.251 e. The molecule has 1 nitrogen and oxygen atoms in total. The Balaban J connectivity index is 2.93. The molecule has 0 aliphatic heterocycles. The van der Waals surface area contributed by atoms with Crippen molar-refractivity contribution >= 4 is 34.1 Å². The Morgan fingerprint density at radius 3 is 2.62 bits per heavy atom. The van der Waals surface area contributed by atoms with Gasteiger partial charge >= 0.3 is 0 Å². The number of rotatable bonds is 1. The number of pyridine rings is 1. The van der Waals surface area contributed by atoms with Gasteiger partial charge in [-0.1, -0.05) is 30.1 Å². The first-order valence-corrected chi connectivity index (χ1v) is 5.74. The van der Waals surface area contributed by atoms with E-state index in [1.807, 2.05) is 13.8 Å². The SMILES string of the molecule is CCc1c(C)nc2c(Cl)cc(F)cc2c1Cl. The molecule has 0 aliphatic carbocycles. The zero-order valence-electron chi connectivity index (χ0n) is 8.94. The van der Waals surface area contributed by atoms with Crippen LogP contribution in [0.25, 0.3) is 10.9 Å². The molecule has 2 aromatic rings. The average Bonchev–Trinajstić information content (AvgIpc) is 2.21. The van der Waals surface area contributed by atoms with E-state index in [1.165, 1.54) is 12.1 Å². The molecule has 0 spiro atoms. The number of benzene rings is 1. The second-order valence-corrected chi connectivity index (χ2v) is 4.41. The summed E-state index contributed by atoms with van der Waals surface area (Å²) in [6.07, 6.45) is 0.766. The minimum atomic E-state index is -0.396. The van der Waals surface area contributed by atoms with E-state index >= 15 is 0 Å². The second-order valence-electron chi connectivity index (χ2n) is 3.63. The summed E-state index contributed by atoms with van der Waals surface area (Å²) in [5.41, 5.74) is 2.34. The van der Waals surface area contributed by atoms with Crippen molar-refractivity contribution < 1.29 is 4.39 Å². The summed E-state index contributed by atoms with van der Waals surface area (Å²) in [6, 6.07) is 2.62. The van der Waals surface area contributed by atoms with Crippen LogP contribution in [0.2, 0.25) is 10.0 Å². The van der Waals surface area contributed by atoms with Gasteiger partial charge in [0.15, 0.2) is 0 Å². The predicted octanol–water partition coefficient (Wildman–Crippen LogP) is 4.55. The number of halogens is 3. The molecule has 1 heterocycles. The fraction of sp³-hybridized carbons (Fsp3) is 0.250. The summed E-state index contributed by atoms with van der Waals surface area (Å²) >= 11 is 12.2. The van der Waals surface area contributed by atoms with E-state index in [0.29, 0.717) is 20.9 Å². The Labute approximate surface area is 103 Å². The van der Waals surface area contributed by atoms with Gasteiger partial charge in [-0.25, -0.2) is 4.39 Å². The van der Waals surface area contributed by atoms with E-state index in [0.717, 1.165) is 17.7 Å². The van der Waals surface area contributed by atoms with Gasteiger partial charge in [0.2, 0.25) is 0 Å². The van der Waals surface area contributed by atoms with Gasteiger partial charge in [0.05, 0.1) is 15.6 Å². The van der Waals surface area contributed by atoms with Gasteiger partial charge in [-0.15, -0.1) is 0 Å². The lowest BCUT2D eigenvalue weighted by Crippen LogP contribution is -1.95. The smallest absolute Gasteiger partial charge is 0.125 e. The van der Waals surface area contributed by atoms with Crippen molar-refractivity contribution in [2.75, 3.05) is 0 Å². The summed E-state index contributed by atoms with van der Waals surface area (Å²) in [4.78, 5) is 4.36. The number of hydrogen-bond donors (Lipinski definition) is 0. The molecule has 0 bridgehead atoms. The Hall–Kier alpha value is -0.860. The first kappa shape index (κ1) is 11.6. The third-order valence-electron chi connectivity index (χ3n) is 2.60. The third-order valence-corrected chi connectivity index (χ3v) is 3.32. The molecule has 0 amide bonds. The van der Waals surface area contributed by atoms with Gasteiger partial charge in [-0.05, 0) is 31.0 Å². The predicted molar refractivity (Wildman–Crippen MR) is 65.8 cm³/mol. The van der Waals surface area contributed by atoms with Crippen molar-refractivity contribution in [1.29, 1.82) is 0 Å². The summed E-state index contributed by atoms with van der Waals surface area (Å²) in [6.45, 7) is 3.87. The molecular weight excluding hydrogens is 248 g/mol. The van der Waals surface area contributed by atoms with Crippen molar-refractivity contribution in [3.8, 4) is 0 Å². The highest BCUT2D eigenvalue weighted by Crippen LogP contribution is 2.32. The molecular formula is C12H10Cl2FN. The average molecular weight is 258 g/mol. The van der Waals surface area contributed by atoms with Crippen molar-refractivity contribution in [1.82, 2.24) is 4.98 Å². The molecule has 2 rings (SSSR count). The summed E-state index contributed by atoms with van der Waals surface area (Å²) in [5.74, 6) is -0.396. The van der Waals surface area contributed by atoms with Crippen molar-refractivity contribution in [3.05, 3.63) is 39.3 Å². The van der Waals surface area contributed by atoms with Crippen LogP contribution in [0.1, 0.15) is 18.2 Å². The van der Waals surface area contributed by atoms with Crippen LogP contribution < -0.4 is 0 Å². The maximum Gasteiger partial charge on any atom is 0.125 e. The fourth-order valence-electron chi connectivity index (χ4n) is 1.81. The standard InChI is InChI=1S/C12H10Cl2FN/c1-3-8-6(2)16-12-9(11(8)14)4-7(15)5-10(12)13/h4-5H,3H2,1-2H3. The molecule has 0 aliphatic rings. The van der Waals surface area contributed by atoms with E-state index in [1.54, 1.807) is 0 Å². The maximum atomic E-state index is 13.2. The first-order valence-electron chi connectivity index (χ1n) is 4.98. The molecule has 84 valence electrons. The first-order chi connectivity index (χ1) is 7.54. The largest absolute Gasteiger partial charge is 0.251 e. The maximum absolute atomic E-state index is 13.2. The van der Waals surface area contributed by atoms with Gasteiger partial charge in [0.25, 0.3) is 0 Å². The van der Waals surface area contributed by atoms with E-state index in [2.05, 4.69) is 4.98 Å². The monoisotopic (exact) mass is 257 g/mol. The van der Waals surface area contributed by atoms with Crippen LogP contribution in [-0.4, -0.2) is 4.98 Å². The zero-order chi connectivity index (χ0) is 11.9. The highest BCUT2D eigenvalue weighted by atomic mass is 35.5. The van der Waals surface area contributed by atoms with Crippen LogP contribution in [0.15, 0.2) is 12.1 Å². The topological polar surface area (TPSA) is 12.9 Å². The van der Waals surface area contributed by atoms with E-state index in [-0.39, 0.29) is 0 Å². The molecule has 0 N–H and O–H groups in total. The third kappa shape index (κ3) is 1.76. The van der Waals surface area contributed by atoms with Crippen molar-refractivity contribution in [3.63, 3.8) is 0 Å². The normalized spacial score (nSPS) is 11.1. The van der Waals surface area contributed by atoms with Gasteiger partial charge in [0.1, 0.15) is 5.82 Å². The van der Waals surface area contributed by atoms with Crippen LogP contribution >= 0.6 is 23.2 Å². The molecule has 0 fully saturated rings. The van der Waals surface area contributed by atoms with Crippen LogP contribution in [0.3, 0.4) is 0 Å². The number of nitrogens with zero attached hydrogens (tertiary/aromatic N) is 1. The van der Waals surface area contributed by atoms with E-state index in [9.17, 15) is 4.39 Å². The summed E-state index contributed by atoms with van der Waals surface area (Å²) < 4.78 is 13.2. The fourth-order valence-corrected chi connectivity index (χ4v) is 2.48.